The summed E-state index contributed by atoms with van der Waals surface area (Å²) in [6.07, 6.45) is 3.94. The quantitative estimate of drug-likeness (QED) is 0.834. The average molecular weight is 280 g/mol. The van der Waals surface area contributed by atoms with Gasteiger partial charge in [-0.2, -0.15) is 11.3 Å². The van der Waals surface area contributed by atoms with Crippen LogP contribution in [0.3, 0.4) is 0 Å². The lowest BCUT2D eigenvalue weighted by Crippen LogP contribution is -2.48. The van der Waals surface area contributed by atoms with Crippen LogP contribution in [0.2, 0.25) is 0 Å². The van der Waals surface area contributed by atoms with E-state index in [-0.39, 0.29) is 11.3 Å². The lowest BCUT2D eigenvalue weighted by Gasteiger charge is -2.35. The Morgan fingerprint density at radius 3 is 2.58 bits per heavy atom. The van der Waals surface area contributed by atoms with Crippen LogP contribution in [-0.2, 0) is 11.3 Å². The highest BCUT2D eigenvalue weighted by molar-refractivity contribution is 7.07. The van der Waals surface area contributed by atoms with Gasteiger partial charge in [0.15, 0.2) is 0 Å². The largest absolute Gasteiger partial charge is 0.335 e. The third-order valence-electron chi connectivity index (χ3n) is 4.38. The number of hydrogen-bond donors (Lipinski definition) is 1. The van der Waals surface area contributed by atoms with Crippen LogP contribution in [0, 0.1) is 5.41 Å². The standard InChI is InChI=1S/C15H24N2OS/c1-3-15(4-2,11-16)14(18)17(13-5-6-13)9-12-7-8-19-10-12/h7-8,10,13H,3-6,9,11,16H2,1-2H3. The van der Waals surface area contributed by atoms with Gasteiger partial charge in [0.25, 0.3) is 0 Å². The molecule has 2 N–H and O–H groups in total. The predicted molar refractivity (Wildman–Crippen MR) is 80.0 cm³/mol. The molecule has 0 aliphatic heterocycles. The Hall–Kier alpha value is -0.870. The molecule has 0 saturated heterocycles. The maximum atomic E-state index is 12.9. The van der Waals surface area contributed by atoms with Crippen molar-refractivity contribution in [2.75, 3.05) is 6.54 Å². The van der Waals surface area contributed by atoms with Crippen molar-refractivity contribution < 1.29 is 4.79 Å². The third-order valence-corrected chi connectivity index (χ3v) is 5.11. The highest BCUT2D eigenvalue weighted by atomic mass is 32.1. The molecule has 1 aromatic heterocycles. The van der Waals surface area contributed by atoms with Crippen molar-refractivity contribution in [2.45, 2.75) is 52.1 Å². The average Bonchev–Trinajstić information content (AvgIpc) is 3.15. The smallest absolute Gasteiger partial charge is 0.230 e. The molecule has 0 unspecified atom stereocenters. The summed E-state index contributed by atoms with van der Waals surface area (Å²) in [5, 5.41) is 4.20. The molecule has 0 spiro atoms. The van der Waals surface area contributed by atoms with Crippen LogP contribution in [-0.4, -0.2) is 23.4 Å². The number of amides is 1. The van der Waals surface area contributed by atoms with Crippen molar-refractivity contribution >= 4 is 17.2 Å². The monoisotopic (exact) mass is 280 g/mol. The van der Waals surface area contributed by atoms with Crippen LogP contribution in [0.15, 0.2) is 16.8 Å². The second kappa shape index (κ2) is 6.06. The van der Waals surface area contributed by atoms with Gasteiger partial charge in [-0.05, 0) is 48.1 Å². The number of carbonyl (C=O) groups excluding carboxylic acids is 1. The van der Waals surface area contributed by atoms with E-state index in [1.54, 1.807) is 11.3 Å². The Labute approximate surface area is 119 Å². The Bertz CT molecular complexity index is 400. The van der Waals surface area contributed by atoms with Gasteiger partial charge in [0.05, 0.1) is 5.41 Å². The third kappa shape index (κ3) is 3.00. The van der Waals surface area contributed by atoms with E-state index in [4.69, 9.17) is 5.73 Å². The molecule has 4 heteroatoms. The maximum Gasteiger partial charge on any atom is 0.230 e. The molecule has 1 saturated carbocycles. The summed E-state index contributed by atoms with van der Waals surface area (Å²) in [4.78, 5) is 15.0. The first kappa shape index (κ1) is 14.5. The van der Waals surface area contributed by atoms with E-state index >= 15 is 0 Å². The molecule has 1 aliphatic rings. The highest BCUT2D eigenvalue weighted by Gasteiger charge is 2.42. The molecular weight excluding hydrogens is 256 g/mol. The van der Waals surface area contributed by atoms with Gasteiger partial charge in [-0.1, -0.05) is 13.8 Å². The van der Waals surface area contributed by atoms with Crippen molar-refractivity contribution in [1.82, 2.24) is 4.90 Å². The number of carbonyl (C=O) groups is 1. The molecule has 1 fully saturated rings. The van der Waals surface area contributed by atoms with E-state index in [1.165, 1.54) is 5.56 Å². The van der Waals surface area contributed by atoms with Crippen molar-refractivity contribution in [3.05, 3.63) is 22.4 Å². The van der Waals surface area contributed by atoms with Gasteiger partial charge in [-0.25, -0.2) is 0 Å². The van der Waals surface area contributed by atoms with Gasteiger partial charge < -0.3 is 10.6 Å². The van der Waals surface area contributed by atoms with Crippen LogP contribution >= 0.6 is 11.3 Å². The maximum absolute atomic E-state index is 12.9. The summed E-state index contributed by atoms with van der Waals surface area (Å²) < 4.78 is 0. The van der Waals surface area contributed by atoms with Crippen LogP contribution in [0.25, 0.3) is 0 Å². The van der Waals surface area contributed by atoms with Crippen LogP contribution < -0.4 is 5.73 Å². The fourth-order valence-corrected chi connectivity index (χ4v) is 3.23. The normalized spacial score (nSPS) is 15.5. The zero-order valence-corrected chi connectivity index (χ0v) is 12.7. The Morgan fingerprint density at radius 2 is 2.16 bits per heavy atom. The Morgan fingerprint density at radius 1 is 1.47 bits per heavy atom. The Kier molecular flexibility index (Phi) is 4.63. The molecule has 19 heavy (non-hydrogen) atoms. The number of rotatable bonds is 7. The topological polar surface area (TPSA) is 46.3 Å². The SMILES string of the molecule is CCC(CC)(CN)C(=O)N(Cc1ccsc1)C1CC1. The molecule has 1 amide bonds. The zero-order chi connectivity index (χ0) is 13.9. The molecule has 0 atom stereocenters. The fourth-order valence-electron chi connectivity index (χ4n) is 2.57. The second-order valence-electron chi connectivity index (χ2n) is 5.49. The van der Waals surface area contributed by atoms with Gasteiger partial charge in [0.2, 0.25) is 5.91 Å². The van der Waals surface area contributed by atoms with E-state index in [0.29, 0.717) is 12.6 Å². The van der Waals surface area contributed by atoms with E-state index < -0.39 is 0 Å². The van der Waals surface area contributed by atoms with E-state index in [2.05, 4.69) is 35.6 Å². The molecule has 3 nitrogen and oxygen atoms in total. The molecule has 2 rings (SSSR count). The molecule has 0 bridgehead atoms. The molecule has 1 aromatic rings. The number of hydrogen-bond acceptors (Lipinski definition) is 3. The molecule has 1 aliphatic carbocycles. The second-order valence-corrected chi connectivity index (χ2v) is 6.27. The Balaban J connectivity index is 2.16. The van der Waals surface area contributed by atoms with Crippen molar-refractivity contribution in [2.24, 2.45) is 11.1 Å². The van der Waals surface area contributed by atoms with Crippen LogP contribution in [0.4, 0.5) is 0 Å². The minimum atomic E-state index is -0.362. The first-order valence-corrected chi connectivity index (χ1v) is 8.13. The summed E-state index contributed by atoms with van der Waals surface area (Å²) in [6, 6.07) is 2.55. The first-order valence-electron chi connectivity index (χ1n) is 7.19. The summed E-state index contributed by atoms with van der Waals surface area (Å²) >= 11 is 1.69. The van der Waals surface area contributed by atoms with E-state index in [9.17, 15) is 4.79 Å². The highest BCUT2D eigenvalue weighted by Crippen LogP contribution is 2.35. The summed E-state index contributed by atoms with van der Waals surface area (Å²) in [5.41, 5.74) is 6.79. The van der Waals surface area contributed by atoms with Gasteiger partial charge in [-0.15, -0.1) is 0 Å². The number of thiophene rings is 1. The minimum Gasteiger partial charge on any atom is -0.335 e. The van der Waals surface area contributed by atoms with Crippen LogP contribution in [0.1, 0.15) is 45.1 Å². The van der Waals surface area contributed by atoms with Gasteiger partial charge in [-0.3, -0.25) is 4.79 Å². The molecule has 0 aromatic carbocycles. The number of nitrogens with zero attached hydrogens (tertiary/aromatic N) is 1. The summed E-state index contributed by atoms with van der Waals surface area (Å²) in [7, 11) is 0. The zero-order valence-electron chi connectivity index (χ0n) is 11.9. The van der Waals surface area contributed by atoms with E-state index in [1.807, 2.05) is 0 Å². The minimum absolute atomic E-state index is 0.258. The predicted octanol–water partition coefficient (Wildman–Crippen LogP) is 3.00. The van der Waals surface area contributed by atoms with Crippen molar-refractivity contribution in [3.8, 4) is 0 Å². The van der Waals surface area contributed by atoms with Gasteiger partial charge in [0, 0.05) is 19.1 Å². The number of nitrogens with two attached hydrogens (primary N) is 1. The fraction of sp³-hybridized carbons (Fsp3) is 0.667. The van der Waals surface area contributed by atoms with E-state index in [0.717, 1.165) is 32.2 Å². The van der Waals surface area contributed by atoms with Crippen molar-refractivity contribution in [1.29, 1.82) is 0 Å². The van der Waals surface area contributed by atoms with Gasteiger partial charge in [0.1, 0.15) is 0 Å². The molecule has 0 radical (unpaired) electrons. The lowest BCUT2D eigenvalue weighted by molar-refractivity contribution is -0.143. The molecular formula is C15H24N2OS. The summed E-state index contributed by atoms with van der Waals surface area (Å²) in [5.74, 6) is 0.258. The van der Waals surface area contributed by atoms with Gasteiger partial charge >= 0.3 is 0 Å². The molecule has 106 valence electrons. The van der Waals surface area contributed by atoms with Crippen LogP contribution in [0.5, 0.6) is 0 Å². The first-order chi connectivity index (χ1) is 9.16. The lowest BCUT2D eigenvalue weighted by atomic mass is 9.80. The van der Waals surface area contributed by atoms with Crippen molar-refractivity contribution in [3.63, 3.8) is 0 Å². The summed E-state index contributed by atoms with van der Waals surface area (Å²) in [6.45, 7) is 5.34. The molecule has 1 heterocycles.